The molecule has 0 N–H and O–H groups in total. The quantitative estimate of drug-likeness (QED) is 0.355. The third-order valence-electron chi connectivity index (χ3n) is 6.04. The Bertz CT molecular complexity index is 1050. The van der Waals surface area contributed by atoms with Crippen LogP contribution in [0.3, 0.4) is 0 Å². The molecule has 4 aromatic carbocycles. The Balaban J connectivity index is 1.79. The fourth-order valence-corrected chi connectivity index (χ4v) is 4.80. The minimum absolute atomic E-state index is 0.0629. The zero-order valence-electron chi connectivity index (χ0n) is 15.3. The van der Waals surface area contributed by atoms with Crippen LogP contribution in [-0.2, 0) is 5.41 Å². The molecule has 0 amide bonds. The first-order chi connectivity index (χ1) is 13.4. The van der Waals surface area contributed by atoms with Crippen LogP contribution >= 0.6 is 0 Å². The Morgan fingerprint density at radius 1 is 0.593 bits per heavy atom. The lowest BCUT2D eigenvalue weighted by Gasteiger charge is -2.38. The summed E-state index contributed by atoms with van der Waals surface area (Å²) < 4.78 is 0. The van der Waals surface area contributed by atoms with Crippen LogP contribution in [0.5, 0.6) is 0 Å². The van der Waals surface area contributed by atoms with Crippen molar-refractivity contribution in [3.8, 4) is 0 Å². The molecule has 0 heteroatoms. The Kier molecular flexibility index (Phi) is 3.90. The number of rotatable bonds is 3. The molecule has 0 radical (unpaired) electrons. The van der Waals surface area contributed by atoms with Crippen molar-refractivity contribution in [1.29, 1.82) is 0 Å². The van der Waals surface area contributed by atoms with Crippen molar-refractivity contribution in [2.75, 3.05) is 0 Å². The van der Waals surface area contributed by atoms with Crippen molar-refractivity contribution in [2.24, 2.45) is 0 Å². The first kappa shape index (κ1) is 16.1. The minimum atomic E-state index is -0.0629. The van der Waals surface area contributed by atoms with E-state index < -0.39 is 0 Å². The van der Waals surface area contributed by atoms with Gasteiger partial charge in [0, 0.05) is 11.3 Å². The normalized spacial score (nSPS) is 18.0. The molecule has 0 unspecified atom stereocenters. The number of fused-ring (bicyclic) bond motifs is 1. The van der Waals surface area contributed by atoms with Gasteiger partial charge in [-0.25, -0.2) is 0 Å². The highest BCUT2D eigenvalue weighted by Gasteiger charge is 2.43. The molecule has 0 saturated carbocycles. The van der Waals surface area contributed by atoms with Crippen LogP contribution in [-0.4, -0.2) is 0 Å². The SMILES string of the molecule is C1=C[C@H](c2cccc3ccccc23)C(c2ccccc2)(c2ccccc2)C1. The van der Waals surface area contributed by atoms with E-state index in [0.717, 1.165) is 6.42 Å². The summed E-state index contributed by atoms with van der Waals surface area (Å²) in [6.45, 7) is 0. The van der Waals surface area contributed by atoms with Gasteiger partial charge in [0.1, 0.15) is 0 Å². The third-order valence-corrected chi connectivity index (χ3v) is 6.04. The third kappa shape index (κ3) is 2.52. The van der Waals surface area contributed by atoms with Gasteiger partial charge in [-0.3, -0.25) is 0 Å². The lowest BCUT2D eigenvalue weighted by Crippen LogP contribution is -2.31. The number of hydrogen-bond donors (Lipinski definition) is 0. The maximum Gasteiger partial charge on any atom is 0.0340 e. The van der Waals surface area contributed by atoms with E-state index in [9.17, 15) is 0 Å². The smallest absolute Gasteiger partial charge is 0.0340 e. The molecule has 4 aromatic rings. The van der Waals surface area contributed by atoms with Crippen LogP contribution in [0.15, 0.2) is 115 Å². The summed E-state index contributed by atoms with van der Waals surface area (Å²) in [4.78, 5) is 0. The zero-order valence-corrected chi connectivity index (χ0v) is 15.3. The highest BCUT2D eigenvalue weighted by Crippen LogP contribution is 2.52. The van der Waals surface area contributed by atoms with Gasteiger partial charge in [-0.2, -0.15) is 0 Å². The topological polar surface area (TPSA) is 0 Å². The van der Waals surface area contributed by atoms with Crippen LogP contribution in [0.2, 0.25) is 0 Å². The van der Waals surface area contributed by atoms with Crippen molar-refractivity contribution in [1.82, 2.24) is 0 Å². The molecule has 0 aromatic heterocycles. The molecule has 0 spiro atoms. The van der Waals surface area contributed by atoms with Crippen molar-refractivity contribution >= 4 is 10.8 Å². The standard InChI is InChI=1S/C27H22/c1-3-13-22(14-4-1)27(23-15-5-2-6-16-23)20-10-19-26(27)25-18-9-12-21-11-7-8-17-24(21)25/h1-19,26H,20H2/t26-/m1/s1. The Hall–Kier alpha value is -3.12. The van der Waals surface area contributed by atoms with Gasteiger partial charge >= 0.3 is 0 Å². The number of hydrogen-bond acceptors (Lipinski definition) is 0. The Morgan fingerprint density at radius 2 is 1.19 bits per heavy atom. The summed E-state index contributed by atoms with van der Waals surface area (Å²) in [5.74, 6) is 0.313. The van der Waals surface area contributed by atoms with Gasteiger partial charge in [-0.1, -0.05) is 115 Å². The second-order valence-corrected chi connectivity index (χ2v) is 7.38. The van der Waals surface area contributed by atoms with Crippen LogP contribution in [0.4, 0.5) is 0 Å². The van der Waals surface area contributed by atoms with E-state index in [1.165, 1.54) is 27.5 Å². The second-order valence-electron chi connectivity index (χ2n) is 7.38. The summed E-state index contributed by atoms with van der Waals surface area (Å²) in [7, 11) is 0. The molecule has 0 fully saturated rings. The first-order valence-corrected chi connectivity index (χ1v) is 9.65. The van der Waals surface area contributed by atoms with Crippen LogP contribution in [0.1, 0.15) is 29.0 Å². The monoisotopic (exact) mass is 346 g/mol. The van der Waals surface area contributed by atoms with Gasteiger partial charge in [-0.05, 0) is 33.9 Å². The first-order valence-electron chi connectivity index (χ1n) is 9.65. The highest BCUT2D eigenvalue weighted by molar-refractivity contribution is 5.87. The molecule has 0 nitrogen and oxygen atoms in total. The molecule has 0 aliphatic heterocycles. The second kappa shape index (κ2) is 6.55. The van der Waals surface area contributed by atoms with E-state index in [-0.39, 0.29) is 5.41 Å². The molecule has 0 heterocycles. The molecule has 1 aliphatic carbocycles. The molecule has 27 heavy (non-hydrogen) atoms. The van der Waals surface area contributed by atoms with Gasteiger partial charge in [-0.15, -0.1) is 0 Å². The van der Waals surface area contributed by atoms with Crippen LogP contribution < -0.4 is 0 Å². The highest BCUT2D eigenvalue weighted by atomic mass is 14.5. The summed E-state index contributed by atoms with van der Waals surface area (Å²) in [6, 6.07) is 37.5. The lowest BCUT2D eigenvalue weighted by atomic mass is 9.64. The maximum absolute atomic E-state index is 2.42. The molecule has 130 valence electrons. The van der Waals surface area contributed by atoms with Gasteiger partial charge in [0.2, 0.25) is 0 Å². The Labute approximate surface area is 160 Å². The minimum Gasteiger partial charge on any atom is -0.0866 e. The summed E-state index contributed by atoms with van der Waals surface area (Å²) in [5, 5.41) is 2.66. The fraction of sp³-hybridized carbons (Fsp3) is 0.111. The lowest BCUT2D eigenvalue weighted by molar-refractivity contribution is 0.498. The molecule has 1 atom stereocenters. The average molecular weight is 346 g/mol. The van der Waals surface area contributed by atoms with E-state index in [4.69, 9.17) is 0 Å². The van der Waals surface area contributed by atoms with Gasteiger partial charge < -0.3 is 0 Å². The predicted molar refractivity (Wildman–Crippen MR) is 114 cm³/mol. The van der Waals surface area contributed by atoms with Crippen LogP contribution in [0.25, 0.3) is 10.8 Å². The van der Waals surface area contributed by atoms with Crippen molar-refractivity contribution in [3.05, 3.63) is 132 Å². The molecule has 5 rings (SSSR count). The zero-order chi connectivity index (χ0) is 18.1. The van der Waals surface area contributed by atoms with E-state index in [1.54, 1.807) is 0 Å². The fourth-order valence-electron chi connectivity index (χ4n) is 4.80. The van der Waals surface area contributed by atoms with Gasteiger partial charge in [0.25, 0.3) is 0 Å². The molecular formula is C27H22. The van der Waals surface area contributed by atoms with Gasteiger partial charge in [0.05, 0.1) is 0 Å². The Morgan fingerprint density at radius 3 is 1.89 bits per heavy atom. The van der Waals surface area contributed by atoms with E-state index in [1.807, 2.05) is 0 Å². The molecular weight excluding hydrogens is 324 g/mol. The molecule has 1 aliphatic rings. The largest absolute Gasteiger partial charge is 0.0866 e. The molecule has 0 bridgehead atoms. The predicted octanol–water partition coefficient (Wildman–Crippen LogP) is 6.87. The number of benzene rings is 4. The van der Waals surface area contributed by atoms with E-state index in [2.05, 4.69) is 115 Å². The summed E-state index contributed by atoms with van der Waals surface area (Å²) in [5.41, 5.74) is 4.12. The number of allylic oxidation sites excluding steroid dienone is 2. The van der Waals surface area contributed by atoms with E-state index in [0.29, 0.717) is 5.92 Å². The van der Waals surface area contributed by atoms with Crippen LogP contribution in [0, 0.1) is 0 Å². The summed E-state index contributed by atoms with van der Waals surface area (Å²) >= 11 is 0. The van der Waals surface area contributed by atoms with Gasteiger partial charge in [0.15, 0.2) is 0 Å². The summed E-state index contributed by atoms with van der Waals surface area (Å²) in [6.07, 6.45) is 5.81. The van der Waals surface area contributed by atoms with E-state index >= 15 is 0 Å². The maximum atomic E-state index is 2.42. The van der Waals surface area contributed by atoms with Crippen molar-refractivity contribution < 1.29 is 0 Å². The average Bonchev–Trinajstić information content (AvgIpc) is 3.20. The van der Waals surface area contributed by atoms with Crippen molar-refractivity contribution in [3.63, 3.8) is 0 Å². The van der Waals surface area contributed by atoms with Crippen molar-refractivity contribution in [2.45, 2.75) is 17.8 Å². The molecule has 0 saturated heterocycles.